The molecule has 0 unspecified atom stereocenters. The predicted molar refractivity (Wildman–Crippen MR) is 70.1 cm³/mol. The Labute approximate surface area is 108 Å². The molecule has 18 heavy (non-hydrogen) atoms. The van der Waals surface area contributed by atoms with E-state index < -0.39 is 11.6 Å². The summed E-state index contributed by atoms with van der Waals surface area (Å²) in [7, 11) is 0. The topological polar surface area (TPSA) is 46.5 Å². The van der Waals surface area contributed by atoms with Crippen molar-refractivity contribution >= 4 is 5.97 Å². The molecule has 0 radical (unpaired) electrons. The van der Waals surface area contributed by atoms with Crippen LogP contribution in [-0.4, -0.2) is 16.7 Å². The molecular formula is C15H20O3. The summed E-state index contributed by atoms with van der Waals surface area (Å²) in [5.74, 6) is -0.115. The summed E-state index contributed by atoms with van der Waals surface area (Å²) in [5, 5.41) is 9.43. The predicted octanol–water partition coefficient (Wildman–Crippen LogP) is 3.39. The first kappa shape index (κ1) is 12.9. The maximum Gasteiger partial charge on any atom is 0.348 e. The second-order valence-electron chi connectivity index (χ2n) is 5.31. The maximum absolute atomic E-state index is 11.5. The zero-order valence-corrected chi connectivity index (χ0v) is 11.2. The number of benzene rings is 1. The Hall–Kier alpha value is -1.51. The van der Waals surface area contributed by atoms with Gasteiger partial charge in [0.05, 0.1) is 0 Å². The molecule has 0 amide bonds. The summed E-state index contributed by atoms with van der Waals surface area (Å²) in [4.78, 5) is 11.5. The molecule has 1 aromatic carbocycles. The molecule has 0 atom stereocenters. The number of carboxylic acids is 1. The van der Waals surface area contributed by atoms with E-state index in [0.29, 0.717) is 12.8 Å². The van der Waals surface area contributed by atoms with Gasteiger partial charge in [0, 0.05) is 0 Å². The standard InChI is InChI=1S/C15H20O3/c1-10-8-11(2)12(3)13(9-10)18-15(14(16)17)6-4-5-7-15/h8-9H,4-7H2,1-3H3,(H,16,17). The number of hydrogen-bond acceptors (Lipinski definition) is 2. The Bertz CT molecular complexity index is 471. The Morgan fingerprint density at radius 2 is 1.83 bits per heavy atom. The van der Waals surface area contributed by atoms with Gasteiger partial charge in [-0.1, -0.05) is 6.07 Å². The van der Waals surface area contributed by atoms with Crippen LogP contribution in [0.25, 0.3) is 0 Å². The van der Waals surface area contributed by atoms with E-state index in [0.717, 1.165) is 35.3 Å². The van der Waals surface area contributed by atoms with Crippen LogP contribution < -0.4 is 4.74 Å². The highest BCUT2D eigenvalue weighted by Crippen LogP contribution is 2.36. The fourth-order valence-electron chi connectivity index (χ4n) is 2.62. The lowest BCUT2D eigenvalue weighted by Crippen LogP contribution is -2.41. The van der Waals surface area contributed by atoms with Crippen molar-refractivity contribution in [3.8, 4) is 5.75 Å². The third-order valence-electron chi connectivity index (χ3n) is 3.87. The summed E-state index contributed by atoms with van der Waals surface area (Å²) in [5.41, 5.74) is 2.27. The number of ether oxygens (including phenoxy) is 1. The van der Waals surface area contributed by atoms with Crippen molar-refractivity contribution in [2.45, 2.75) is 52.1 Å². The Kier molecular flexibility index (Phi) is 3.33. The monoisotopic (exact) mass is 248 g/mol. The number of aliphatic carboxylic acids is 1. The number of hydrogen-bond donors (Lipinski definition) is 1. The van der Waals surface area contributed by atoms with Crippen LogP contribution in [0.4, 0.5) is 0 Å². The molecular weight excluding hydrogens is 228 g/mol. The molecule has 0 saturated heterocycles. The first-order chi connectivity index (χ1) is 8.44. The number of rotatable bonds is 3. The van der Waals surface area contributed by atoms with Crippen LogP contribution in [0.1, 0.15) is 42.4 Å². The highest BCUT2D eigenvalue weighted by molar-refractivity contribution is 5.78. The largest absolute Gasteiger partial charge is 0.478 e. The lowest BCUT2D eigenvalue weighted by Gasteiger charge is -2.27. The molecule has 1 saturated carbocycles. The van der Waals surface area contributed by atoms with Crippen molar-refractivity contribution in [2.24, 2.45) is 0 Å². The summed E-state index contributed by atoms with van der Waals surface area (Å²) in [6.07, 6.45) is 3.07. The van der Waals surface area contributed by atoms with Gasteiger partial charge in [0.15, 0.2) is 0 Å². The Morgan fingerprint density at radius 1 is 1.22 bits per heavy atom. The van der Waals surface area contributed by atoms with Crippen LogP contribution in [0.3, 0.4) is 0 Å². The zero-order valence-electron chi connectivity index (χ0n) is 11.2. The summed E-state index contributed by atoms with van der Waals surface area (Å²) >= 11 is 0. The van der Waals surface area contributed by atoms with E-state index >= 15 is 0 Å². The summed E-state index contributed by atoms with van der Waals surface area (Å²) in [6.45, 7) is 6.01. The SMILES string of the molecule is Cc1cc(C)c(C)c(OC2(C(=O)O)CCCC2)c1. The highest BCUT2D eigenvalue weighted by Gasteiger charge is 2.44. The van der Waals surface area contributed by atoms with E-state index in [-0.39, 0.29) is 0 Å². The van der Waals surface area contributed by atoms with Crippen LogP contribution in [0.15, 0.2) is 12.1 Å². The van der Waals surface area contributed by atoms with Crippen LogP contribution in [-0.2, 0) is 4.79 Å². The quantitative estimate of drug-likeness (QED) is 0.891. The molecule has 0 aromatic heterocycles. The average molecular weight is 248 g/mol. The van der Waals surface area contributed by atoms with Crippen molar-refractivity contribution < 1.29 is 14.6 Å². The van der Waals surface area contributed by atoms with E-state index in [4.69, 9.17) is 4.74 Å². The van der Waals surface area contributed by atoms with E-state index in [1.54, 1.807) is 0 Å². The molecule has 0 heterocycles. The molecule has 0 aliphatic heterocycles. The van der Waals surface area contributed by atoms with Crippen LogP contribution in [0.5, 0.6) is 5.75 Å². The van der Waals surface area contributed by atoms with Gasteiger partial charge in [0.25, 0.3) is 0 Å². The average Bonchev–Trinajstić information content (AvgIpc) is 2.75. The van der Waals surface area contributed by atoms with Gasteiger partial charge in [-0.2, -0.15) is 0 Å². The van der Waals surface area contributed by atoms with Crippen LogP contribution in [0.2, 0.25) is 0 Å². The smallest absolute Gasteiger partial charge is 0.348 e. The van der Waals surface area contributed by atoms with E-state index in [2.05, 4.69) is 6.07 Å². The molecule has 0 spiro atoms. The third-order valence-corrected chi connectivity index (χ3v) is 3.87. The fraction of sp³-hybridized carbons (Fsp3) is 0.533. The second-order valence-corrected chi connectivity index (χ2v) is 5.31. The second kappa shape index (κ2) is 4.63. The number of carbonyl (C=O) groups is 1. The van der Waals surface area contributed by atoms with Crippen molar-refractivity contribution in [1.82, 2.24) is 0 Å². The summed E-state index contributed by atoms with van der Waals surface area (Å²) in [6, 6.07) is 4.02. The molecule has 1 N–H and O–H groups in total. The lowest BCUT2D eigenvalue weighted by atomic mass is 10.0. The van der Waals surface area contributed by atoms with Gasteiger partial charge >= 0.3 is 5.97 Å². The van der Waals surface area contributed by atoms with E-state index in [1.807, 2.05) is 26.8 Å². The molecule has 1 aliphatic rings. The first-order valence-corrected chi connectivity index (χ1v) is 6.45. The van der Waals surface area contributed by atoms with Crippen molar-refractivity contribution in [2.75, 3.05) is 0 Å². The van der Waals surface area contributed by atoms with Crippen molar-refractivity contribution in [1.29, 1.82) is 0 Å². The highest BCUT2D eigenvalue weighted by atomic mass is 16.5. The molecule has 3 heteroatoms. The summed E-state index contributed by atoms with van der Waals surface area (Å²) < 4.78 is 5.92. The first-order valence-electron chi connectivity index (χ1n) is 6.45. The Morgan fingerprint density at radius 3 is 2.39 bits per heavy atom. The zero-order chi connectivity index (χ0) is 13.3. The van der Waals surface area contributed by atoms with Gasteiger partial charge in [-0.3, -0.25) is 0 Å². The normalized spacial score (nSPS) is 17.7. The molecule has 1 aliphatic carbocycles. The number of carboxylic acid groups (broad SMARTS) is 1. The van der Waals surface area contributed by atoms with Gasteiger partial charge in [0.2, 0.25) is 5.60 Å². The minimum absolute atomic E-state index is 0.606. The van der Waals surface area contributed by atoms with Gasteiger partial charge < -0.3 is 9.84 Å². The van der Waals surface area contributed by atoms with E-state index in [9.17, 15) is 9.90 Å². The lowest BCUT2D eigenvalue weighted by molar-refractivity contribution is -0.154. The van der Waals surface area contributed by atoms with Crippen molar-refractivity contribution in [3.05, 3.63) is 28.8 Å². The molecule has 1 aromatic rings. The van der Waals surface area contributed by atoms with Crippen molar-refractivity contribution in [3.63, 3.8) is 0 Å². The van der Waals surface area contributed by atoms with E-state index in [1.165, 1.54) is 0 Å². The molecule has 0 bridgehead atoms. The molecule has 1 fully saturated rings. The minimum Gasteiger partial charge on any atom is -0.478 e. The third kappa shape index (κ3) is 2.22. The van der Waals surface area contributed by atoms with Gasteiger partial charge in [-0.05, 0) is 69.2 Å². The Balaban J connectivity index is 2.36. The maximum atomic E-state index is 11.5. The fourth-order valence-corrected chi connectivity index (χ4v) is 2.62. The number of aryl methyl sites for hydroxylation is 2. The van der Waals surface area contributed by atoms with Gasteiger partial charge in [0.1, 0.15) is 5.75 Å². The van der Waals surface area contributed by atoms with Crippen LogP contribution >= 0.6 is 0 Å². The van der Waals surface area contributed by atoms with Gasteiger partial charge in [-0.25, -0.2) is 4.79 Å². The minimum atomic E-state index is -1.01. The van der Waals surface area contributed by atoms with Gasteiger partial charge in [-0.15, -0.1) is 0 Å². The molecule has 2 rings (SSSR count). The molecule has 98 valence electrons. The van der Waals surface area contributed by atoms with Crippen LogP contribution in [0, 0.1) is 20.8 Å². The molecule has 3 nitrogen and oxygen atoms in total.